The van der Waals surface area contributed by atoms with Gasteiger partial charge in [0.2, 0.25) is 5.78 Å². The summed E-state index contributed by atoms with van der Waals surface area (Å²) in [5.74, 6) is -1.09. The average Bonchev–Trinajstić information content (AvgIpc) is 2.90. The van der Waals surface area contributed by atoms with Crippen LogP contribution in [0.1, 0.15) is 26.4 Å². The minimum Gasteiger partial charge on any atom is -0.478 e. The summed E-state index contributed by atoms with van der Waals surface area (Å²) >= 11 is 0. The first-order valence-electron chi connectivity index (χ1n) is 5.36. The van der Waals surface area contributed by atoms with Gasteiger partial charge in [-0.25, -0.2) is 4.79 Å². The van der Waals surface area contributed by atoms with Crippen molar-refractivity contribution in [2.45, 2.75) is 0 Å². The molecule has 90 valence electrons. The lowest BCUT2D eigenvalue weighted by molar-refractivity contribution is 0.0696. The molecule has 0 spiro atoms. The Morgan fingerprint density at radius 3 is 2.39 bits per heavy atom. The highest BCUT2D eigenvalue weighted by Gasteiger charge is 2.02. The van der Waals surface area contributed by atoms with E-state index in [4.69, 9.17) is 5.11 Å². The number of ketones is 1. The van der Waals surface area contributed by atoms with Gasteiger partial charge >= 0.3 is 5.97 Å². The monoisotopic (exact) mass is 241 g/mol. The highest BCUT2D eigenvalue weighted by atomic mass is 16.4. The van der Waals surface area contributed by atoms with Crippen LogP contribution in [-0.4, -0.2) is 21.8 Å². The van der Waals surface area contributed by atoms with Crippen molar-refractivity contribution in [3.8, 4) is 0 Å². The van der Waals surface area contributed by atoms with E-state index in [1.807, 2.05) is 0 Å². The van der Waals surface area contributed by atoms with Gasteiger partial charge in [-0.2, -0.15) is 0 Å². The number of rotatable bonds is 4. The predicted octanol–water partition coefficient (Wildman–Crippen LogP) is 2.61. The van der Waals surface area contributed by atoms with Crippen LogP contribution in [0, 0.1) is 0 Å². The summed E-state index contributed by atoms with van der Waals surface area (Å²) < 4.78 is 0. The van der Waals surface area contributed by atoms with Gasteiger partial charge < -0.3 is 10.1 Å². The van der Waals surface area contributed by atoms with Crippen LogP contribution in [0.5, 0.6) is 0 Å². The summed E-state index contributed by atoms with van der Waals surface area (Å²) in [4.78, 5) is 25.1. The van der Waals surface area contributed by atoms with E-state index in [0.29, 0.717) is 5.69 Å². The number of aromatic nitrogens is 1. The van der Waals surface area contributed by atoms with Crippen LogP contribution in [0.2, 0.25) is 0 Å². The number of benzene rings is 1. The van der Waals surface area contributed by atoms with E-state index in [9.17, 15) is 9.59 Å². The van der Waals surface area contributed by atoms with E-state index < -0.39 is 5.97 Å². The second-order valence-electron chi connectivity index (χ2n) is 3.71. The molecule has 0 bridgehead atoms. The van der Waals surface area contributed by atoms with E-state index in [-0.39, 0.29) is 11.3 Å². The maximum atomic E-state index is 11.6. The Kier molecular flexibility index (Phi) is 3.38. The van der Waals surface area contributed by atoms with Gasteiger partial charge in [0.25, 0.3) is 0 Å². The van der Waals surface area contributed by atoms with Crippen molar-refractivity contribution < 1.29 is 14.7 Å². The highest BCUT2D eigenvalue weighted by molar-refractivity contribution is 6.05. The molecule has 0 aliphatic carbocycles. The Morgan fingerprint density at radius 2 is 1.83 bits per heavy atom. The molecule has 2 rings (SSSR count). The summed E-state index contributed by atoms with van der Waals surface area (Å²) in [7, 11) is 0. The molecule has 0 saturated heterocycles. The molecule has 18 heavy (non-hydrogen) atoms. The van der Waals surface area contributed by atoms with Gasteiger partial charge in [-0.3, -0.25) is 4.79 Å². The summed E-state index contributed by atoms with van der Waals surface area (Å²) in [5, 5.41) is 8.74. The molecule has 0 amide bonds. The van der Waals surface area contributed by atoms with Crippen molar-refractivity contribution in [1.82, 2.24) is 4.98 Å². The van der Waals surface area contributed by atoms with Gasteiger partial charge in [0.05, 0.1) is 11.3 Å². The minimum atomic E-state index is -0.965. The van der Waals surface area contributed by atoms with Gasteiger partial charge in [-0.05, 0) is 35.9 Å². The summed E-state index contributed by atoms with van der Waals surface area (Å²) in [5.41, 5.74) is 1.52. The zero-order valence-corrected chi connectivity index (χ0v) is 9.46. The van der Waals surface area contributed by atoms with Crippen LogP contribution >= 0.6 is 0 Å². The van der Waals surface area contributed by atoms with E-state index in [1.165, 1.54) is 18.2 Å². The van der Waals surface area contributed by atoms with Crippen LogP contribution in [0.15, 0.2) is 48.7 Å². The maximum absolute atomic E-state index is 11.6. The lowest BCUT2D eigenvalue weighted by atomic mass is 10.1. The van der Waals surface area contributed by atoms with Crippen molar-refractivity contribution in [2.75, 3.05) is 0 Å². The van der Waals surface area contributed by atoms with Crippen LogP contribution in [0.3, 0.4) is 0 Å². The summed E-state index contributed by atoms with van der Waals surface area (Å²) in [6.07, 6.45) is 4.78. The molecular formula is C14H11NO3. The number of nitrogens with one attached hydrogen (secondary N) is 1. The first-order valence-corrected chi connectivity index (χ1v) is 5.36. The molecule has 4 nitrogen and oxygen atoms in total. The number of carboxylic acid groups (broad SMARTS) is 1. The molecule has 0 unspecified atom stereocenters. The van der Waals surface area contributed by atoms with Crippen molar-refractivity contribution in [3.63, 3.8) is 0 Å². The quantitative estimate of drug-likeness (QED) is 0.638. The van der Waals surface area contributed by atoms with Crippen LogP contribution in [0.25, 0.3) is 6.08 Å². The molecule has 0 atom stereocenters. The molecule has 0 aliphatic rings. The largest absolute Gasteiger partial charge is 0.478 e. The zero-order chi connectivity index (χ0) is 13.0. The number of hydrogen-bond acceptors (Lipinski definition) is 2. The summed E-state index contributed by atoms with van der Waals surface area (Å²) in [6, 6.07) is 9.76. The Labute approximate surface area is 104 Å². The molecule has 0 fully saturated rings. The fourth-order valence-corrected chi connectivity index (χ4v) is 1.48. The second-order valence-corrected chi connectivity index (χ2v) is 3.71. The molecular weight excluding hydrogens is 230 g/mol. The van der Waals surface area contributed by atoms with Crippen LogP contribution in [-0.2, 0) is 0 Å². The first-order chi connectivity index (χ1) is 8.66. The molecule has 0 saturated carbocycles. The van der Waals surface area contributed by atoms with Gasteiger partial charge in [-0.1, -0.05) is 18.2 Å². The number of carbonyl (C=O) groups is 2. The fourth-order valence-electron chi connectivity index (χ4n) is 1.48. The van der Waals surface area contributed by atoms with E-state index in [1.54, 1.807) is 36.5 Å². The normalized spacial score (nSPS) is 10.7. The van der Waals surface area contributed by atoms with Crippen molar-refractivity contribution >= 4 is 17.8 Å². The highest BCUT2D eigenvalue weighted by Crippen LogP contribution is 2.07. The molecule has 0 aliphatic heterocycles. The SMILES string of the molecule is O=C(O)c1ccc(/C=C/C(=O)c2ccc[nH]2)cc1. The zero-order valence-electron chi connectivity index (χ0n) is 9.46. The Morgan fingerprint density at radius 1 is 1.11 bits per heavy atom. The van der Waals surface area contributed by atoms with Gasteiger partial charge in [0.15, 0.2) is 0 Å². The van der Waals surface area contributed by atoms with E-state index >= 15 is 0 Å². The lowest BCUT2D eigenvalue weighted by Gasteiger charge is -1.95. The van der Waals surface area contributed by atoms with Gasteiger partial charge in [0, 0.05) is 6.20 Å². The number of allylic oxidation sites excluding steroid dienone is 1. The van der Waals surface area contributed by atoms with E-state index in [0.717, 1.165) is 5.56 Å². The third kappa shape index (κ3) is 2.74. The minimum absolute atomic E-state index is 0.123. The van der Waals surface area contributed by atoms with Crippen molar-refractivity contribution in [1.29, 1.82) is 0 Å². The Bertz CT molecular complexity index is 580. The first kappa shape index (κ1) is 11.9. The molecule has 1 aromatic heterocycles. The maximum Gasteiger partial charge on any atom is 0.335 e. The number of carbonyl (C=O) groups excluding carboxylic acids is 1. The number of aromatic amines is 1. The fraction of sp³-hybridized carbons (Fsp3) is 0. The molecule has 4 heteroatoms. The van der Waals surface area contributed by atoms with Crippen LogP contribution in [0.4, 0.5) is 0 Å². The molecule has 0 radical (unpaired) electrons. The predicted molar refractivity (Wildman–Crippen MR) is 67.6 cm³/mol. The van der Waals surface area contributed by atoms with Crippen molar-refractivity contribution in [2.24, 2.45) is 0 Å². The standard InChI is InChI=1S/C14H11NO3/c16-13(12-2-1-9-15-12)8-5-10-3-6-11(7-4-10)14(17)18/h1-9,15H,(H,17,18)/b8-5+. The Balaban J connectivity index is 2.09. The number of H-pyrrole nitrogens is 1. The smallest absolute Gasteiger partial charge is 0.335 e. The third-order valence-corrected chi connectivity index (χ3v) is 2.45. The second kappa shape index (κ2) is 5.14. The van der Waals surface area contributed by atoms with Crippen molar-refractivity contribution in [3.05, 3.63) is 65.5 Å². The lowest BCUT2D eigenvalue weighted by Crippen LogP contribution is -1.95. The average molecular weight is 241 g/mol. The topological polar surface area (TPSA) is 70.2 Å². The van der Waals surface area contributed by atoms with E-state index in [2.05, 4.69) is 4.98 Å². The van der Waals surface area contributed by atoms with Gasteiger partial charge in [0.1, 0.15) is 0 Å². The van der Waals surface area contributed by atoms with Gasteiger partial charge in [-0.15, -0.1) is 0 Å². The number of aromatic carboxylic acids is 1. The molecule has 1 heterocycles. The molecule has 2 N–H and O–H groups in total. The van der Waals surface area contributed by atoms with Crippen LogP contribution < -0.4 is 0 Å². The Hall–Kier alpha value is -2.62. The third-order valence-electron chi connectivity index (χ3n) is 2.45. The molecule has 2 aromatic rings. The summed E-state index contributed by atoms with van der Waals surface area (Å²) in [6.45, 7) is 0. The molecule has 1 aromatic carbocycles. The number of carboxylic acids is 1. The number of hydrogen-bond donors (Lipinski definition) is 2.